The van der Waals surface area contributed by atoms with Gasteiger partial charge in [0.05, 0.1) is 13.2 Å². The van der Waals surface area contributed by atoms with Gasteiger partial charge in [0, 0.05) is 43.3 Å². The van der Waals surface area contributed by atoms with Crippen LogP contribution in [0.3, 0.4) is 0 Å². The van der Waals surface area contributed by atoms with Crippen molar-refractivity contribution in [1.29, 1.82) is 0 Å². The van der Waals surface area contributed by atoms with Gasteiger partial charge in [-0.15, -0.1) is 0 Å². The van der Waals surface area contributed by atoms with Gasteiger partial charge in [0.1, 0.15) is 0 Å². The summed E-state index contributed by atoms with van der Waals surface area (Å²) in [5.41, 5.74) is 1.95. The van der Waals surface area contributed by atoms with E-state index in [1.54, 1.807) is 0 Å². The third-order valence-electron chi connectivity index (χ3n) is 4.25. The molecule has 0 radical (unpaired) electrons. The number of nitrogens with zero attached hydrogens (tertiary/aromatic N) is 1. The second-order valence-electron chi connectivity index (χ2n) is 6.39. The quantitative estimate of drug-likeness (QED) is 0.899. The van der Waals surface area contributed by atoms with Crippen LogP contribution in [-0.2, 0) is 9.47 Å². The zero-order valence-electron chi connectivity index (χ0n) is 13.8. The normalized spacial score (nSPS) is 20.0. The number of amides is 2. The van der Waals surface area contributed by atoms with E-state index in [1.807, 2.05) is 38.1 Å². The van der Waals surface area contributed by atoms with Gasteiger partial charge in [-0.3, -0.25) is 0 Å². The van der Waals surface area contributed by atoms with Gasteiger partial charge in [-0.25, -0.2) is 4.79 Å². The number of rotatable bonds is 3. The fourth-order valence-corrected chi connectivity index (χ4v) is 3.08. The molecular weight excluding hydrogens is 294 g/mol. The van der Waals surface area contributed by atoms with Crippen molar-refractivity contribution in [2.75, 3.05) is 36.5 Å². The maximum atomic E-state index is 11.7. The summed E-state index contributed by atoms with van der Waals surface area (Å²) >= 11 is 0. The molecule has 1 aromatic carbocycles. The highest BCUT2D eigenvalue weighted by Gasteiger charge is 2.39. The van der Waals surface area contributed by atoms with E-state index in [2.05, 4.69) is 15.5 Å². The Morgan fingerprint density at radius 3 is 2.30 bits per heavy atom. The number of ether oxygens (including phenoxy) is 2. The van der Waals surface area contributed by atoms with E-state index in [0.717, 1.165) is 37.3 Å². The molecular formula is C17H25N3O3. The first-order valence-corrected chi connectivity index (χ1v) is 8.27. The molecule has 2 amide bonds. The average molecular weight is 319 g/mol. The Bertz CT molecular complexity index is 529. The molecule has 3 rings (SSSR count). The summed E-state index contributed by atoms with van der Waals surface area (Å²) in [5.74, 6) is -0.340. The molecule has 2 N–H and O–H groups in total. The number of carbonyl (C=O) groups is 1. The average Bonchev–Trinajstić information content (AvgIpc) is 2.96. The lowest BCUT2D eigenvalue weighted by Crippen LogP contribution is -2.45. The van der Waals surface area contributed by atoms with Crippen LogP contribution in [0, 0.1) is 0 Å². The van der Waals surface area contributed by atoms with Crippen molar-refractivity contribution in [1.82, 2.24) is 5.32 Å². The predicted molar refractivity (Wildman–Crippen MR) is 89.8 cm³/mol. The minimum absolute atomic E-state index is 0.120. The molecule has 1 aromatic rings. The topological polar surface area (TPSA) is 62.8 Å². The SMILES string of the molecule is CC(C)NC(=O)Nc1ccc(N2CCC3(CC2)OCCO3)cc1. The summed E-state index contributed by atoms with van der Waals surface area (Å²) in [6.45, 7) is 7.12. The second kappa shape index (κ2) is 6.76. The molecule has 0 aliphatic carbocycles. The van der Waals surface area contributed by atoms with Gasteiger partial charge < -0.3 is 25.0 Å². The van der Waals surface area contributed by atoms with Crippen LogP contribution in [-0.4, -0.2) is 44.2 Å². The van der Waals surface area contributed by atoms with E-state index in [4.69, 9.17) is 9.47 Å². The standard InChI is InChI=1S/C17H25N3O3/c1-13(2)18-16(21)19-14-3-5-15(6-4-14)20-9-7-17(8-10-20)22-11-12-23-17/h3-6,13H,7-12H2,1-2H3,(H2,18,19,21). The first kappa shape index (κ1) is 16.1. The lowest BCUT2D eigenvalue weighted by molar-refractivity contribution is -0.169. The molecule has 0 unspecified atom stereocenters. The van der Waals surface area contributed by atoms with Gasteiger partial charge in [-0.1, -0.05) is 0 Å². The maximum absolute atomic E-state index is 11.7. The summed E-state index contributed by atoms with van der Waals surface area (Å²) in [6, 6.07) is 7.89. The van der Waals surface area contributed by atoms with Gasteiger partial charge in [0.2, 0.25) is 0 Å². The van der Waals surface area contributed by atoms with Crippen LogP contribution in [0.2, 0.25) is 0 Å². The maximum Gasteiger partial charge on any atom is 0.319 e. The predicted octanol–water partition coefficient (Wildman–Crippen LogP) is 2.56. The molecule has 1 spiro atoms. The number of anilines is 2. The summed E-state index contributed by atoms with van der Waals surface area (Å²) in [6.07, 6.45) is 1.79. The lowest BCUT2D eigenvalue weighted by atomic mass is 10.0. The van der Waals surface area contributed by atoms with E-state index in [-0.39, 0.29) is 17.9 Å². The third-order valence-corrected chi connectivity index (χ3v) is 4.25. The molecule has 2 heterocycles. The van der Waals surface area contributed by atoms with Crippen LogP contribution in [0.1, 0.15) is 26.7 Å². The fourth-order valence-electron chi connectivity index (χ4n) is 3.08. The van der Waals surface area contributed by atoms with Crippen molar-refractivity contribution < 1.29 is 14.3 Å². The molecule has 2 saturated heterocycles. The Morgan fingerprint density at radius 1 is 1.13 bits per heavy atom. The number of benzene rings is 1. The number of carbonyl (C=O) groups excluding carboxylic acids is 1. The van der Waals surface area contributed by atoms with E-state index in [1.165, 1.54) is 0 Å². The van der Waals surface area contributed by atoms with Crippen LogP contribution >= 0.6 is 0 Å². The monoisotopic (exact) mass is 319 g/mol. The molecule has 2 aliphatic rings. The highest BCUT2D eigenvalue weighted by Crippen LogP contribution is 2.33. The zero-order chi connectivity index (χ0) is 16.3. The summed E-state index contributed by atoms with van der Waals surface area (Å²) in [5, 5.41) is 5.64. The smallest absolute Gasteiger partial charge is 0.319 e. The number of hydrogen-bond donors (Lipinski definition) is 2. The minimum Gasteiger partial charge on any atom is -0.371 e. The van der Waals surface area contributed by atoms with Gasteiger partial charge >= 0.3 is 6.03 Å². The molecule has 126 valence electrons. The zero-order valence-corrected chi connectivity index (χ0v) is 13.8. The minimum atomic E-state index is -0.340. The highest BCUT2D eigenvalue weighted by atomic mass is 16.7. The van der Waals surface area contributed by atoms with E-state index >= 15 is 0 Å². The Kier molecular flexibility index (Phi) is 4.73. The number of urea groups is 1. The number of hydrogen-bond acceptors (Lipinski definition) is 4. The van der Waals surface area contributed by atoms with Crippen LogP contribution in [0.4, 0.5) is 16.2 Å². The Labute approximate surface area is 137 Å². The fraction of sp³-hybridized carbons (Fsp3) is 0.588. The molecule has 6 nitrogen and oxygen atoms in total. The first-order chi connectivity index (χ1) is 11.1. The van der Waals surface area contributed by atoms with Gasteiger partial charge in [-0.05, 0) is 38.1 Å². The van der Waals surface area contributed by atoms with E-state index in [0.29, 0.717) is 13.2 Å². The van der Waals surface area contributed by atoms with Gasteiger partial charge in [0.15, 0.2) is 5.79 Å². The lowest BCUT2D eigenvalue weighted by Gasteiger charge is -2.38. The number of piperidine rings is 1. The third kappa shape index (κ3) is 3.95. The summed E-state index contributed by atoms with van der Waals surface area (Å²) in [7, 11) is 0. The van der Waals surface area contributed by atoms with Crippen molar-refractivity contribution in [2.45, 2.75) is 38.5 Å². The van der Waals surface area contributed by atoms with Crippen molar-refractivity contribution in [2.24, 2.45) is 0 Å². The van der Waals surface area contributed by atoms with Gasteiger partial charge in [0.25, 0.3) is 0 Å². The molecule has 0 aromatic heterocycles. The van der Waals surface area contributed by atoms with Crippen molar-refractivity contribution in [3.63, 3.8) is 0 Å². The van der Waals surface area contributed by atoms with Crippen LogP contribution in [0.25, 0.3) is 0 Å². The van der Waals surface area contributed by atoms with Crippen LogP contribution in [0.5, 0.6) is 0 Å². The summed E-state index contributed by atoms with van der Waals surface area (Å²) < 4.78 is 11.5. The summed E-state index contributed by atoms with van der Waals surface area (Å²) in [4.78, 5) is 14.0. The molecule has 2 fully saturated rings. The molecule has 0 bridgehead atoms. The molecule has 0 saturated carbocycles. The molecule has 0 atom stereocenters. The molecule has 2 aliphatic heterocycles. The van der Waals surface area contributed by atoms with E-state index in [9.17, 15) is 4.79 Å². The van der Waals surface area contributed by atoms with Crippen LogP contribution in [0.15, 0.2) is 24.3 Å². The number of nitrogens with one attached hydrogen (secondary N) is 2. The van der Waals surface area contributed by atoms with Gasteiger partial charge in [-0.2, -0.15) is 0 Å². The second-order valence-corrected chi connectivity index (χ2v) is 6.39. The Morgan fingerprint density at radius 2 is 1.74 bits per heavy atom. The van der Waals surface area contributed by atoms with E-state index < -0.39 is 0 Å². The highest BCUT2D eigenvalue weighted by molar-refractivity contribution is 5.89. The van der Waals surface area contributed by atoms with Crippen molar-refractivity contribution >= 4 is 17.4 Å². The largest absolute Gasteiger partial charge is 0.371 e. The van der Waals surface area contributed by atoms with Crippen molar-refractivity contribution in [3.8, 4) is 0 Å². The Hall–Kier alpha value is -1.79. The first-order valence-electron chi connectivity index (χ1n) is 8.27. The van der Waals surface area contributed by atoms with Crippen LogP contribution < -0.4 is 15.5 Å². The molecule has 6 heteroatoms. The van der Waals surface area contributed by atoms with Crippen molar-refractivity contribution in [3.05, 3.63) is 24.3 Å². The Balaban J connectivity index is 1.54. The molecule has 23 heavy (non-hydrogen) atoms.